The summed E-state index contributed by atoms with van der Waals surface area (Å²) in [5, 5.41) is 1.70. The standard InChI is InChI=1S/C21H19N3O3/c22-21(26)16-11-13-19(14-12-16)27-15-20(25)23-24(17-7-3-1-4-8-17)18-9-5-2-6-10-18/h1-14H,15H2,(H2,22,26)(H,23,25). The highest BCUT2D eigenvalue weighted by atomic mass is 16.5. The summed E-state index contributed by atoms with van der Waals surface area (Å²) in [7, 11) is 0. The van der Waals surface area contributed by atoms with Crippen molar-refractivity contribution in [2.24, 2.45) is 5.73 Å². The monoisotopic (exact) mass is 361 g/mol. The third-order valence-electron chi connectivity index (χ3n) is 3.77. The Hall–Kier alpha value is -3.80. The number of carbonyl (C=O) groups is 2. The maximum atomic E-state index is 12.4. The quantitative estimate of drug-likeness (QED) is 0.634. The number of hydrogen-bond acceptors (Lipinski definition) is 4. The zero-order valence-electron chi connectivity index (χ0n) is 14.5. The number of nitrogens with two attached hydrogens (primary N) is 1. The second-order valence-corrected chi connectivity index (χ2v) is 5.72. The van der Waals surface area contributed by atoms with E-state index in [-0.39, 0.29) is 12.5 Å². The van der Waals surface area contributed by atoms with Crippen LogP contribution < -0.4 is 20.9 Å². The van der Waals surface area contributed by atoms with Crippen LogP contribution in [-0.4, -0.2) is 18.4 Å². The average Bonchev–Trinajstić information content (AvgIpc) is 2.72. The fourth-order valence-electron chi connectivity index (χ4n) is 2.45. The lowest BCUT2D eigenvalue weighted by atomic mass is 10.2. The van der Waals surface area contributed by atoms with E-state index in [0.29, 0.717) is 11.3 Å². The van der Waals surface area contributed by atoms with E-state index in [1.54, 1.807) is 29.3 Å². The summed E-state index contributed by atoms with van der Waals surface area (Å²) < 4.78 is 5.48. The van der Waals surface area contributed by atoms with Gasteiger partial charge in [0.25, 0.3) is 5.91 Å². The van der Waals surface area contributed by atoms with E-state index in [1.807, 2.05) is 60.7 Å². The molecule has 3 rings (SSSR count). The van der Waals surface area contributed by atoms with Crippen LogP contribution in [-0.2, 0) is 4.79 Å². The van der Waals surface area contributed by atoms with E-state index in [0.717, 1.165) is 11.4 Å². The number of hydrogen-bond donors (Lipinski definition) is 2. The number of para-hydroxylation sites is 2. The lowest BCUT2D eigenvalue weighted by Gasteiger charge is -2.25. The molecule has 3 aromatic carbocycles. The number of hydrazine groups is 1. The average molecular weight is 361 g/mol. The molecule has 0 aliphatic heterocycles. The molecular weight excluding hydrogens is 342 g/mol. The highest BCUT2D eigenvalue weighted by molar-refractivity contribution is 5.92. The summed E-state index contributed by atoms with van der Waals surface area (Å²) in [5.74, 6) is -0.358. The molecule has 3 N–H and O–H groups in total. The SMILES string of the molecule is NC(=O)c1ccc(OCC(=O)NN(c2ccccc2)c2ccccc2)cc1. The van der Waals surface area contributed by atoms with Crippen molar-refractivity contribution in [2.45, 2.75) is 0 Å². The number of nitrogens with one attached hydrogen (secondary N) is 1. The van der Waals surface area contributed by atoms with E-state index >= 15 is 0 Å². The van der Waals surface area contributed by atoms with Gasteiger partial charge in [-0.05, 0) is 48.5 Å². The topological polar surface area (TPSA) is 84.7 Å². The van der Waals surface area contributed by atoms with Crippen molar-refractivity contribution < 1.29 is 14.3 Å². The molecule has 0 saturated carbocycles. The molecule has 6 heteroatoms. The zero-order valence-corrected chi connectivity index (χ0v) is 14.5. The summed E-state index contributed by atoms with van der Waals surface area (Å²) in [4.78, 5) is 23.5. The molecule has 27 heavy (non-hydrogen) atoms. The molecule has 0 aliphatic carbocycles. The first-order chi connectivity index (χ1) is 13.1. The largest absolute Gasteiger partial charge is 0.484 e. The van der Waals surface area contributed by atoms with Crippen molar-refractivity contribution in [3.63, 3.8) is 0 Å². The van der Waals surface area contributed by atoms with Gasteiger partial charge in [-0.25, -0.2) is 0 Å². The lowest BCUT2D eigenvalue weighted by molar-refractivity contribution is -0.123. The van der Waals surface area contributed by atoms with Gasteiger partial charge in [0.2, 0.25) is 5.91 Å². The Morgan fingerprint density at radius 3 is 1.81 bits per heavy atom. The predicted octanol–water partition coefficient (Wildman–Crippen LogP) is 3.03. The van der Waals surface area contributed by atoms with Crippen LogP contribution >= 0.6 is 0 Å². The summed E-state index contributed by atoms with van der Waals surface area (Å²) in [6, 6.07) is 25.3. The second kappa shape index (κ2) is 8.53. The number of nitrogens with zero attached hydrogens (tertiary/aromatic N) is 1. The minimum atomic E-state index is -0.513. The first-order valence-corrected chi connectivity index (χ1v) is 8.36. The van der Waals surface area contributed by atoms with Crippen LogP contribution in [0.5, 0.6) is 5.75 Å². The Bertz CT molecular complexity index is 857. The molecule has 0 saturated heterocycles. The van der Waals surface area contributed by atoms with Gasteiger partial charge < -0.3 is 10.5 Å². The molecule has 0 atom stereocenters. The third-order valence-corrected chi connectivity index (χ3v) is 3.77. The normalized spacial score (nSPS) is 10.1. The molecule has 0 bridgehead atoms. The molecule has 3 aromatic rings. The Morgan fingerprint density at radius 2 is 1.33 bits per heavy atom. The number of anilines is 2. The molecule has 0 radical (unpaired) electrons. The van der Waals surface area contributed by atoms with Gasteiger partial charge in [-0.3, -0.25) is 20.0 Å². The zero-order chi connectivity index (χ0) is 19.1. The van der Waals surface area contributed by atoms with Gasteiger partial charge in [0.05, 0.1) is 11.4 Å². The van der Waals surface area contributed by atoms with Crippen LogP contribution in [0, 0.1) is 0 Å². The molecule has 0 spiro atoms. The minimum absolute atomic E-state index is 0.175. The van der Waals surface area contributed by atoms with E-state index in [1.165, 1.54) is 0 Å². The Morgan fingerprint density at radius 1 is 0.815 bits per heavy atom. The first kappa shape index (κ1) is 18.0. The van der Waals surface area contributed by atoms with Gasteiger partial charge >= 0.3 is 0 Å². The maximum absolute atomic E-state index is 12.4. The van der Waals surface area contributed by atoms with E-state index in [2.05, 4.69) is 5.43 Å². The third kappa shape index (κ3) is 4.85. The molecule has 0 aromatic heterocycles. The van der Waals surface area contributed by atoms with Crippen molar-refractivity contribution in [2.75, 3.05) is 11.6 Å². The molecule has 0 unspecified atom stereocenters. The number of primary amides is 1. The molecule has 0 fully saturated rings. The Kier molecular flexibility index (Phi) is 5.69. The van der Waals surface area contributed by atoms with Gasteiger partial charge in [-0.1, -0.05) is 36.4 Å². The van der Waals surface area contributed by atoms with Crippen molar-refractivity contribution in [1.29, 1.82) is 0 Å². The molecule has 0 aliphatic rings. The fraction of sp³-hybridized carbons (Fsp3) is 0.0476. The van der Waals surface area contributed by atoms with Crippen LogP contribution in [0.3, 0.4) is 0 Å². The molecule has 6 nitrogen and oxygen atoms in total. The maximum Gasteiger partial charge on any atom is 0.276 e. The van der Waals surface area contributed by atoms with Crippen molar-refractivity contribution in [3.05, 3.63) is 90.5 Å². The highest BCUT2D eigenvalue weighted by Crippen LogP contribution is 2.22. The smallest absolute Gasteiger partial charge is 0.276 e. The van der Waals surface area contributed by atoms with Gasteiger partial charge in [0.15, 0.2) is 6.61 Å². The first-order valence-electron chi connectivity index (χ1n) is 8.36. The number of ether oxygens (including phenoxy) is 1. The Balaban J connectivity index is 1.67. The summed E-state index contributed by atoms with van der Waals surface area (Å²) in [5.41, 5.74) is 10.1. The van der Waals surface area contributed by atoms with E-state index in [4.69, 9.17) is 10.5 Å². The van der Waals surface area contributed by atoms with Crippen LogP contribution in [0.4, 0.5) is 11.4 Å². The van der Waals surface area contributed by atoms with Gasteiger partial charge in [0, 0.05) is 5.56 Å². The Labute approximate surface area is 157 Å². The van der Waals surface area contributed by atoms with Gasteiger partial charge in [-0.15, -0.1) is 0 Å². The number of benzene rings is 3. The molecule has 0 heterocycles. The predicted molar refractivity (Wildman–Crippen MR) is 104 cm³/mol. The number of carbonyl (C=O) groups excluding carboxylic acids is 2. The lowest BCUT2D eigenvalue weighted by Crippen LogP contribution is -2.41. The molecular formula is C21H19N3O3. The van der Waals surface area contributed by atoms with E-state index < -0.39 is 5.91 Å². The van der Waals surface area contributed by atoms with E-state index in [9.17, 15) is 9.59 Å². The summed E-state index contributed by atoms with van der Waals surface area (Å²) in [6.45, 7) is -0.175. The van der Waals surface area contributed by atoms with Gasteiger partial charge in [0.1, 0.15) is 5.75 Å². The van der Waals surface area contributed by atoms with Crippen LogP contribution in [0.25, 0.3) is 0 Å². The minimum Gasteiger partial charge on any atom is -0.484 e. The molecule has 136 valence electrons. The van der Waals surface area contributed by atoms with Crippen LogP contribution in [0.2, 0.25) is 0 Å². The molecule has 2 amide bonds. The van der Waals surface area contributed by atoms with Crippen molar-refractivity contribution in [3.8, 4) is 5.75 Å². The van der Waals surface area contributed by atoms with Gasteiger partial charge in [-0.2, -0.15) is 0 Å². The van der Waals surface area contributed by atoms with Crippen molar-refractivity contribution >= 4 is 23.2 Å². The summed E-state index contributed by atoms with van der Waals surface area (Å²) >= 11 is 0. The van der Waals surface area contributed by atoms with Crippen LogP contribution in [0.15, 0.2) is 84.9 Å². The fourth-order valence-corrected chi connectivity index (χ4v) is 2.45. The summed E-state index contributed by atoms with van der Waals surface area (Å²) in [6.07, 6.45) is 0. The number of rotatable bonds is 7. The van der Waals surface area contributed by atoms with Crippen molar-refractivity contribution in [1.82, 2.24) is 5.43 Å². The van der Waals surface area contributed by atoms with Crippen LogP contribution in [0.1, 0.15) is 10.4 Å². The highest BCUT2D eigenvalue weighted by Gasteiger charge is 2.13. The number of amides is 2. The second-order valence-electron chi connectivity index (χ2n) is 5.72.